The van der Waals surface area contributed by atoms with Crippen molar-refractivity contribution >= 4 is 15.9 Å². The third-order valence-corrected chi connectivity index (χ3v) is 3.42. The van der Waals surface area contributed by atoms with E-state index >= 15 is 0 Å². The summed E-state index contributed by atoms with van der Waals surface area (Å²) in [6.07, 6.45) is 1.15. The molecule has 20 heavy (non-hydrogen) atoms. The summed E-state index contributed by atoms with van der Waals surface area (Å²) in [4.78, 5) is 4.13. The van der Waals surface area contributed by atoms with E-state index in [1.165, 1.54) is 0 Å². The number of aliphatic hydroxyl groups is 1. The van der Waals surface area contributed by atoms with Gasteiger partial charge in [0, 0.05) is 29.3 Å². The second kappa shape index (κ2) is 7.38. The van der Waals surface area contributed by atoms with Gasteiger partial charge in [-0.25, -0.2) is 4.98 Å². The average molecular weight is 337 g/mol. The maximum Gasteiger partial charge on any atom is 0.217 e. The van der Waals surface area contributed by atoms with Gasteiger partial charge in [0.2, 0.25) is 5.88 Å². The van der Waals surface area contributed by atoms with Gasteiger partial charge in [-0.2, -0.15) is 0 Å². The smallest absolute Gasteiger partial charge is 0.217 e. The van der Waals surface area contributed by atoms with E-state index in [9.17, 15) is 5.11 Å². The van der Waals surface area contributed by atoms with E-state index < -0.39 is 6.10 Å². The van der Waals surface area contributed by atoms with Crippen molar-refractivity contribution in [2.75, 3.05) is 13.7 Å². The fraction of sp³-hybridized carbons (Fsp3) is 0.267. The summed E-state index contributed by atoms with van der Waals surface area (Å²) in [5.41, 5.74) is 1.85. The van der Waals surface area contributed by atoms with Crippen molar-refractivity contribution in [3.05, 3.63) is 58.2 Å². The zero-order valence-corrected chi connectivity index (χ0v) is 12.8. The molecule has 5 heteroatoms. The maximum atomic E-state index is 10.1. The molecule has 4 nitrogen and oxygen atoms in total. The highest BCUT2D eigenvalue weighted by molar-refractivity contribution is 9.10. The molecule has 1 aromatic heterocycles. The molecular weight excluding hydrogens is 320 g/mol. The number of hydrogen-bond donors (Lipinski definition) is 2. The number of hydrogen-bond acceptors (Lipinski definition) is 4. The highest BCUT2D eigenvalue weighted by atomic mass is 79.9. The first-order valence-electron chi connectivity index (χ1n) is 6.33. The van der Waals surface area contributed by atoms with Gasteiger partial charge in [-0.05, 0) is 23.8 Å². The molecule has 0 aliphatic heterocycles. The first-order valence-corrected chi connectivity index (χ1v) is 7.12. The molecular formula is C15H17BrN2O2. The minimum absolute atomic E-state index is 0.467. The van der Waals surface area contributed by atoms with E-state index in [1.54, 1.807) is 13.3 Å². The standard InChI is InChI=1S/C15H17BrN2O2/c1-20-15-12(5-3-7-18-15)9-17-10-14(19)11-4-2-6-13(16)8-11/h2-8,14,17,19H,9-10H2,1H3. The molecule has 0 amide bonds. The van der Waals surface area contributed by atoms with Crippen molar-refractivity contribution in [1.29, 1.82) is 0 Å². The molecule has 0 aliphatic carbocycles. The Morgan fingerprint density at radius 1 is 1.35 bits per heavy atom. The average Bonchev–Trinajstić information content (AvgIpc) is 2.47. The van der Waals surface area contributed by atoms with Crippen LogP contribution in [0.25, 0.3) is 0 Å². The third-order valence-electron chi connectivity index (χ3n) is 2.93. The number of nitrogens with one attached hydrogen (secondary N) is 1. The van der Waals surface area contributed by atoms with E-state index in [2.05, 4.69) is 26.2 Å². The van der Waals surface area contributed by atoms with Crippen molar-refractivity contribution in [1.82, 2.24) is 10.3 Å². The minimum Gasteiger partial charge on any atom is -0.481 e. The van der Waals surface area contributed by atoms with E-state index in [1.807, 2.05) is 36.4 Å². The lowest BCUT2D eigenvalue weighted by Crippen LogP contribution is -2.21. The molecule has 106 valence electrons. The number of methoxy groups -OCH3 is 1. The Bertz CT molecular complexity index is 563. The minimum atomic E-state index is -0.546. The van der Waals surface area contributed by atoms with Gasteiger partial charge in [-0.1, -0.05) is 34.1 Å². The predicted molar refractivity (Wildman–Crippen MR) is 81.6 cm³/mol. The highest BCUT2D eigenvalue weighted by Gasteiger charge is 2.08. The largest absolute Gasteiger partial charge is 0.481 e. The van der Waals surface area contributed by atoms with Crippen LogP contribution in [0.3, 0.4) is 0 Å². The zero-order valence-electron chi connectivity index (χ0n) is 11.2. The normalized spacial score (nSPS) is 12.2. The fourth-order valence-corrected chi connectivity index (χ4v) is 2.33. The predicted octanol–water partition coefficient (Wildman–Crippen LogP) is 2.68. The van der Waals surface area contributed by atoms with Crippen LogP contribution in [0.1, 0.15) is 17.2 Å². The Kier molecular flexibility index (Phi) is 5.52. The van der Waals surface area contributed by atoms with Gasteiger partial charge in [-0.15, -0.1) is 0 Å². The molecule has 1 aromatic carbocycles. The molecule has 0 saturated carbocycles. The molecule has 2 rings (SSSR count). The SMILES string of the molecule is COc1ncccc1CNCC(O)c1cccc(Br)c1. The van der Waals surface area contributed by atoms with Crippen molar-refractivity contribution < 1.29 is 9.84 Å². The summed E-state index contributed by atoms with van der Waals surface area (Å²) in [6.45, 7) is 1.07. The molecule has 0 fully saturated rings. The number of nitrogens with zero attached hydrogens (tertiary/aromatic N) is 1. The van der Waals surface area contributed by atoms with Crippen LogP contribution in [0.5, 0.6) is 5.88 Å². The molecule has 1 atom stereocenters. The summed E-state index contributed by atoms with van der Waals surface area (Å²) in [7, 11) is 1.60. The maximum absolute atomic E-state index is 10.1. The highest BCUT2D eigenvalue weighted by Crippen LogP contribution is 2.18. The van der Waals surface area contributed by atoms with Gasteiger partial charge >= 0.3 is 0 Å². The molecule has 0 radical (unpaired) electrons. The second-order valence-electron chi connectivity index (χ2n) is 4.37. The van der Waals surface area contributed by atoms with Gasteiger partial charge in [0.05, 0.1) is 13.2 Å². The number of rotatable bonds is 6. The molecule has 0 aliphatic rings. The summed E-state index contributed by atoms with van der Waals surface area (Å²) >= 11 is 3.40. The molecule has 0 saturated heterocycles. The topological polar surface area (TPSA) is 54.4 Å². The fourth-order valence-electron chi connectivity index (χ4n) is 1.92. The van der Waals surface area contributed by atoms with Gasteiger partial charge in [0.15, 0.2) is 0 Å². The van der Waals surface area contributed by atoms with Crippen molar-refractivity contribution in [3.8, 4) is 5.88 Å². The summed E-state index contributed by atoms with van der Waals surface area (Å²) < 4.78 is 6.14. The van der Waals surface area contributed by atoms with Crippen LogP contribution in [0.2, 0.25) is 0 Å². The molecule has 0 bridgehead atoms. The summed E-state index contributed by atoms with van der Waals surface area (Å²) in [5.74, 6) is 0.608. The van der Waals surface area contributed by atoms with Crippen molar-refractivity contribution in [2.24, 2.45) is 0 Å². The van der Waals surface area contributed by atoms with Crippen molar-refractivity contribution in [3.63, 3.8) is 0 Å². The molecule has 2 N–H and O–H groups in total. The van der Waals surface area contributed by atoms with Gasteiger partial charge in [0.1, 0.15) is 0 Å². The zero-order chi connectivity index (χ0) is 14.4. The van der Waals surface area contributed by atoms with Gasteiger partial charge in [-0.3, -0.25) is 0 Å². The van der Waals surface area contributed by atoms with Crippen LogP contribution in [0.4, 0.5) is 0 Å². The quantitative estimate of drug-likeness (QED) is 0.851. The van der Waals surface area contributed by atoms with Gasteiger partial charge in [0.25, 0.3) is 0 Å². The van der Waals surface area contributed by atoms with Gasteiger partial charge < -0.3 is 15.2 Å². The van der Waals surface area contributed by atoms with Crippen LogP contribution >= 0.6 is 15.9 Å². The Morgan fingerprint density at radius 3 is 2.95 bits per heavy atom. The van der Waals surface area contributed by atoms with Crippen molar-refractivity contribution in [2.45, 2.75) is 12.6 Å². The summed E-state index contributed by atoms with van der Waals surface area (Å²) in [5, 5.41) is 13.3. The number of aromatic nitrogens is 1. The number of halogens is 1. The number of pyridine rings is 1. The number of ether oxygens (including phenoxy) is 1. The first kappa shape index (κ1) is 15.0. The molecule has 1 heterocycles. The Morgan fingerprint density at radius 2 is 2.20 bits per heavy atom. The second-order valence-corrected chi connectivity index (χ2v) is 5.29. The Labute approximate surface area is 126 Å². The monoisotopic (exact) mass is 336 g/mol. The number of aliphatic hydroxyl groups excluding tert-OH is 1. The third kappa shape index (κ3) is 4.03. The van der Waals surface area contributed by atoms with Crippen LogP contribution in [0, 0.1) is 0 Å². The lowest BCUT2D eigenvalue weighted by Gasteiger charge is -2.13. The Balaban J connectivity index is 1.89. The first-order chi connectivity index (χ1) is 9.70. The van der Waals surface area contributed by atoms with E-state index in [0.717, 1.165) is 15.6 Å². The van der Waals surface area contributed by atoms with E-state index in [0.29, 0.717) is 19.0 Å². The lowest BCUT2D eigenvalue weighted by molar-refractivity contribution is 0.174. The van der Waals surface area contributed by atoms with Crippen LogP contribution < -0.4 is 10.1 Å². The van der Waals surface area contributed by atoms with Crippen LogP contribution in [-0.2, 0) is 6.54 Å². The Hall–Kier alpha value is -1.43. The van der Waals surface area contributed by atoms with Crippen LogP contribution in [0.15, 0.2) is 47.1 Å². The van der Waals surface area contributed by atoms with E-state index in [4.69, 9.17) is 4.74 Å². The van der Waals surface area contributed by atoms with Crippen LogP contribution in [-0.4, -0.2) is 23.7 Å². The molecule has 2 aromatic rings. The lowest BCUT2D eigenvalue weighted by atomic mass is 10.1. The number of benzene rings is 1. The van der Waals surface area contributed by atoms with E-state index in [-0.39, 0.29) is 0 Å². The molecule has 0 spiro atoms. The molecule has 1 unspecified atom stereocenters. The summed E-state index contributed by atoms with van der Waals surface area (Å²) in [6, 6.07) is 11.5.